The van der Waals surface area contributed by atoms with Crippen LogP contribution in [0.1, 0.15) is 30.3 Å². The number of hydrogen-bond acceptors (Lipinski definition) is 7. The standard InChI is InChI=1S/C17H19N7/c1-11(12-2-5-18-6-3-12)22-17-14-4-7-19-10-15(14)23-16(24-17)13-8-20-21-9-13/h2-7,10-11,13,20-21H,8-9H2,1H3,(H,22,23,24). The molecule has 4 rings (SSSR count). The zero-order chi connectivity index (χ0) is 16.4. The molecule has 1 saturated heterocycles. The molecule has 3 aromatic heterocycles. The number of hydrazine groups is 1. The molecule has 1 aliphatic heterocycles. The summed E-state index contributed by atoms with van der Waals surface area (Å²) in [7, 11) is 0. The van der Waals surface area contributed by atoms with Gasteiger partial charge in [0.25, 0.3) is 0 Å². The largest absolute Gasteiger partial charge is 0.363 e. The van der Waals surface area contributed by atoms with Crippen molar-refractivity contribution in [3.63, 3.8) is 0 Å². The van der Waals surface area contributed by atoms with Gasteiger partial charge in [0.05, 0.1) is 17.8 Å². The summed E-state index contributed by atoms with van der Waals surface area (Å²) in [6.07, 6.45) is 7.17. The second-order valence-electron chi connectivity index (χ2n) is 5.93. The van der Waals surface area contributed by atoms with Crippen molar-refractivity contribution in [2.45, 2.75) is 18.9 Å². The molecular formula is C17H19N7. The van der Waals surface area contributed by atoms with E-state index in [1.54, 1.807) is 24.8 Å². The number of rotatable bonds is 4. The van der Waals surface area contributed by atoms with E-state index in [-0.39, 0.29) is 12.0 Å². The second kappa shape index (κ2) is 6.46. The fraction of sp³-hybridized carbons (Fsp3) is 0.294. The molecule has 1 unspecified atom stereocenters. The molecule has 0 amide bonds. The van der Waals surface area contributed by atoms with E-state index in [9.17, 15) is 0 Å². The third kappa shape index (κ3) is 2.91. The molecule has 0 saturated carbocycles. The van der Waals surface area contributed by atoms with Gasteiger partial charge in [-0.3, -0.25) is 20.8 Å². The van der Waals surface area contributed by atoms with Gasteiger partial charge in [-0.25, -0.2) is 9.97 Å². The van der Waals surface area contributed by atoms with E-state index in [2.05, 4.69) is 33.1 Å². The quantitative estimate of drug-likeness (QED) is 0.675. The molecule has 0 radical (unpaired) electrons. The lowest BCUT2D eigenvalue weighted by atomic mass is 10.1. The second-order valence-corrected chi connectivity index (χ2v) is 5.93. The van der Waals surface area contributed by atoms with Crippen molar-refractivity contribution in [1.29, 1.82) is 0 Å². The normalized spacial score (nSPS) is 16.4. The summed E-state index contributed by atoms with van der Waals surface area (Å²) in [5.41, 5.74) is 8.29. The minimum atomic E-state index is 0.118. The zero-order valence-electron chi connectivity index (χ0n) is 13.4. The van der Waals surface area contributed by atoms with Gasteiger partial charge in [0.15, 0.2) is 0 Å². The molecule has 7 nitrogen and oxygen atoms in total. The first kappa shape index (κ1) is 14.9. The molecule has 0 bridgehead atoms. The molecule has 122 valence electrons. The Morgan fingerprint density at radius 3 is 2.58 bits per heavy atom. The van der Waals surface area contributed by atoms with Crippen LogP contribution < -0.4 is 16.2 Å². The van der Waals surface area contributed by atoms with Crippen LogP contribution in [0, 0.1) is 0 Å². The summed E-state index contributed by atoms with van der Waals surface area (Å²) < 4.78 is 0. The van der Waals surface area contributed by atoms with Crippen LogP contribution in [-0.4, -0.2) is 33.0 Å². The smallest absolute Gasteiger partial charge is 0.138 e. The van der Waals surface area contributed by atoms with Crippen LogP contribution in [-0.2, 0) is 0 Å². The van der Waals surface area contributed by atoms with Crippen LogP contribution in [0.3, 0.4) is 0 Å². The SMILES string of the molecule is CC(Nc1nc(C2CNNC2)nc2cnccc12)c1ccncc1. The topological polar surface area (TPSA) is 87.7 Å². The van der Waals surface area contributed by atoms with Crippen LogP contribution >= 0.6 is 0 Å². The Morgan fingerprint density at radius 2 is 1.79 bits per heavy atom. The Hall–Kier alpha value is -2.64. The minimum Gasteiger partial charge on any atom is -0.363 e. The lowest BCUT2D eigenvalue weighted by molar-refractivity contribution is 0.689. The van der Waals surface area contributed by atoms with Crippen LogP contribution in [0.2, 0.25) is 0 Å². The van der Waals surface area contributed by atoms with Crippen molar-refractivity contribution < 1.29 is 0 Å². The molecule has 0 spiro atoms. The Bertz CT molecular complexity index is 831. The van der Waals surface area contributed by atoms with Gasteiger partial charge in [0.1, 0.15) is 11.6 Å². The molecular weight excluding hydrogens is 302 g/mol. The van der Waals surface area contributed by atoms with Crippen molar-refractivity contribution in [2.24, 2.45) is 0 Å². The Labute approximate surface area is 139 Å². The highest BCUT2D eigenvalue weighted by molar-refractivity contribution is 5.88. The zero-order valence-corrected chi connectivity index (χ0v) is 13.4. The predicted octanol–water partition coefficient (Wildman–Crippen LogP) is 1.78. The predicted molar refractivity (Wildman–Crippen MR) is 92.4 cm³/mol. The van der Waals surface area contributed by atoms with Gasteiger partial charge in [-0.1, -0.05) is 0 Å². The van der Waals surface area contributed by atoms with E-state index in [0.29, 0.717) is 0 Å². The van der Waals surface area contributed by atoms with Gasteiger partial charge in [0, 0.05) is 43.0 Å². The Kier molecular flexibility index (Phi) is 4.02. The van der Waals surface area contributed by atoms with Crippen LogP contribution in [0.5, 0.6) is 0 Å². The van der Waals surface area contributed by atoms with Crippen molar-refractivity contribution in [1.82, 2.24) is 30.8 Å². The van der Waals surface area contributed by atoms with Gasteiger partial charge in [-0.05, 0) is 30.7 Å². The molecule has 24 heavy (non-hydrogen) atoms. The number of nitrogens with one attached hydrogen (secondary N) is 3. The summed E-state index contributed by atoms with van der Waals surface area (Å²) in [6, 6.07) is 6.08. The molecule has 1 atom stereocenters. The summed E-state index contributed by atoms with van der Waals surface area (Å²) in [6.45, 7) is 3.76. The maximum atomic E-state index is 4.80. The van der Waals surface area contributed by atoms with E-state index in [1.807, 2.05) is 18.2 Å². The molecule has 3 aromatic rings. The van der Waals surface area contributed by atoms with Crippen LogP contribution in [0.25, 0.3) is 10.9 Å². The highest BCUT2D eigenvalue weighted by atomic mass is 15.4. The third-order valence-corrected chi connectivity index (χ3v) is 4.26. The summed E-state index contributed by atoms with van der Waals surface area (Å²) in [4.78, 5) is 17.8. The lowest BCUT2D eigenvalue weighted by Gasteiger charge is -2.18. The number of hydrogen-bond donors (Lipinski definition) is 3. The molecule has 0 aromatic carbocycles. The minimum absolute atomic E-state index is 0.118. The molecule has 7 heteroatoms. The van der Waals surface area contributed by atoms with Crippen molar-refractivity contribution in [2.75, 3.05) is 18.4 Å². The van der Waals surface area contributed by atoms with Gasteiger partial charge >= 0.3 is 0 Å². The van der Waals surface area contributed by atoms with Gasteiger partial charge in [0.2, 0.25) is 0 Å². The van der Waals surface area contributed by atoms with Crippen molar-refractivity contribution >= 4 is 16.7 Å². The number of aromatic nitrogens is 4. The van der Waals surface area contributed by atoms with E-state index in [0.717, 1.165) is 41.2 Å². The Morgan fingerprint density at radius 1 is 1.04 bits per heavy atom. The fourth-order valence-corrected chi connectivity index (χ4v) is 2.88. The van der Waals surface area contributed by atoms with E-state index in [4.69, 9.17) is 9.97 Å². The van der Waals surface area contributed by atoms with E-state index < -0.39 is 0 Å². The Balaban J connectivity index is 1.72. The molecule has 1 fully saturated rings. The average molecular weight is 321 g/mol. The number of pyridine rings is 2. The van der Waals surface area contributed by atoms with Crippen LogP contribution in [0.15, 0.2) is 43.0 Å². The lowest BCUT2D eigenvalue weighted by Crippen LogP contribution is -2.21. The first-order valence-electron chi connectivity index (χ1n) is 8.05. The number of fused-ring (bicyclic) bond motifs is 1. The van der Waals surface area contributed by atoms with Gasteiger partial charge < -0.3 is 5.32 Å². The van der Waals surface area contributed by atoms with E-state index in [1.165, 1.54) is 0 Å². The van der Waals surface area contributed by atoms with Gasteiger partial charge in [-0.15, -0.1) is 0 Å². The third-order valence-electron chi connectivity index (χ3n) is 4.26. The number of anilines is 1. The first-order chi connectivity index (χ1) is 11.8. The maximum Gasteiger partial charge on any atom is 0.138 e. The van der Waals surface area contributed by atoms with Crippen LogP contribution in [0.4, 0.5) is 5.82 Å². The maximum absolute atomic E-state index is 4.80. The highest BCUT2D eigenvalue weighted by Gasteiger charge is 2.21. The molecule has 4 heterocycles. The number of nitrogens with zero attached hydrogens (tertiary/aromatic N) is 4. The highest BCUT2D eigenvalue weighted by Crippen LogP contribution is 2.26. The van der Waals surface area contributed by atoms with Gasteiger partial charge in [-0.2, -0.15) is 0 Å². The fourth-order valence-electron chi connectivity index (χ4n) is 2.88. The first-order valence-corrected chi connectivity index (χ1v) is 8.05. The molecule has 1 aliphatic rings. The summed E-state index contributed by atoms with van der Waals surface area (Å²) in [5.74, 6) is 1.93. The average Bonchev–Trinajstić information content (AvgIpc) is 3.17. The van der Waals surface area contributed by atoms with E-state index >= 15 is 0 Å². The summed E-state index contributed by atoms with van der Waals surface area (Å²) in [5, 5.41) is 4.50. The summed E-state index contributed by atoms with van der Waals surface area (Å²) >= 11 is 0. The molecule has 3 N–H and O–H groups in total. The van der Waals surface area contributed by atoms with Crippen molar-refractivity contribution in [3.05, 3.63) is 54.4 Å². The monoisotopic (exact) mass is 321 g/mol. The van der Waals surface area contributed by atoms with Crippen molar-refractivity contribution in [3.8, 4) is 0 Å². The molecule has 0 aliphatic carbocycles.